The fourth-order valence-corrected chi connectivity index (χ4v) is 1.76. The average Bonchev–Trinajstić information content (AvgIpc) is 2.71. The minimum Gasteiger partial charge on any atom is -0.497 e. The molecule has 0 aliphatic rings. The summed E-state index contributed by atoms with van der Waals surface area (Å²) in [6.07, 6.45) is -3.53. The van der Waals surface area contributed by atoms with E-state index in [4.69, 9.17) is 16.3 Å². The predicted octanol–water partition coefficient (Wildman–Crippen LogP) is 3.55. The third-order valence-corrected chi connectivity index (χ3v) is 2.62. The van der Waals surface area contributed by atoms with Crippen molar-refractivity contribution >= 4 is 11.6 Å². The zero-order chi connectivity index (χ0) is 13.3. The van der Waals surface area contributed by atoms with Gasteiger partial charge in [-0.05, 0) is 24.3 Å². The van der Waals surface area contributed by atoms with Crippen LogP contribution in [0.4, 0.5) is 13.2 Å². The highest BCUT2D eigenvalue weighted by Crippen LogP contribution is 2.35. The van der Waals surface area contributed by atoms with Crippen LogP contribution in [0.5, 0.6) is 5.75 Å². The van der Waals surface area contributed by atoms with Gasteiger partial charge in [-0.1, -0.05) is 11.6 Å². The van der Waals surface area contributed by atoms with Gasteiger partial charge in [0, 0.05) is 5.69 Å². The van der Waals surface area contributed by atoms with E-state index in [0.717, 1.165) is 10.9 Å². The van der Waals surface area contributed by atoms with Crippen LogP contribution in [0.1, 0.15) is 5.69 Å². The number of methoxy groups -OCH3 is 1. The quantitative estimate of drug-likeness (QED) is 0.839. The molecule has 0 radical (unpaired) electrons. The zero-order valence-electron chi connectivity index (χ0n) is 9.20. The Bertz CT molecular complexity index is 548. The molecule has 18 heavy (non-hydrogen) atoms. The summed E-state index contributed by atoms with van der Waals surface area (Å²) < 4.78 is 44.2. The standard InChI is InChI=1S/C11H8ClF3N2O/c1-18-8-4-2-7(3-5-8)17-6-16-10(12)9(17)11(13,14)15/h2-6H,1H3. The Morgan fingerprint density at radius 2 is 1.83 bits per heavy atom. The smallest absolute Gasteiger partial charge is 0.434 e. The highest BCUT2D eigenvalue weighted by atomic mass is 35.5. The minimum atomic E-state index is -4.56. The van der Waals surface area contributed by atoms with Crippen molar-refractivity contribution in [2.24, 2.45) is 0 Å². The molecule has 2 aromatic rings. The summed E-state index contributed by atoms with van der Waals surface area (Å²) in [7, 11) is 1.48. The van der Waals surface area contributed by atoms with Crippen LogP contribution in [-0.4, -0.2) is 16.7 Å². The van der Waals surface area contributed by atoms with E-state index in [1.807, 2.05) is 0 Å². The van der Waals surface area contributed by atoms with Gasteiger partial charge in [0.25, 0.3) is 0 Å². The summed E-state index contributed by atoms with van der Waals surface area (Å²) in [5, 5.41) is -0.571. The predicted molar refractivity (Wildman–Crippen MR) is 60.1 cm³/mol. The third kappa shape index (κ3) is 2.28. The maximum atomic E-state index is 12.8. The highest BCUT2D eigenvalue weighted by molar-refractivity contribution is 6.30. The largest absolute Gasteiger partial charge is 0.497 e. The second kappa shape index (κ2) is 4.53. The van der Waals surface area contributed by atoms with Crippen molar-refractivity contribution in [3.8, 4) is 11.4 Å². The van der Waals surface area contributed by atoms with Crippen molar-refractivity contribution in [1.82, 2.24) is 9.55 Å². The first-order chi connectivity index (χ1) is 8.43. The third-order valence-electron chi connectivity index (χ3n) is 2.34. The van der Waals surface area contributed by atoms with Gasteiger partial charge in [0.2, 0.25) is 0 Å². The summed E-state index contributed by atoms with van der Waals surface area (Å²) in [6, 6.07) is 6.10. The molecule has 0 spiro atoms. The van der Waals surface area contributed by atoms with Gasteiger partial charge in [-0.15, -0.1) is 0 Å². The van der Waals surface area contributed by atoms with Crippen molar-refractivity contribution in [3.05, 3.63) is 41.4 Å². The molecule has 96 valence electrons. The maximum absolute atomic E-state index is 12.8. The van der Waals surface area contributed by atoms with Crippen molar-refractivity contribution in [1.29, 1.82) is 0 Å². The van der Waals surface area contributed by atoms with E-state index in [1.54, 1.807) is 12.1 Å². The van der Waals surface area contributed by atoms with Crippen LogP contribution in [0.25, 0.3) is 5.69 Å². The minimum absolute atomic E-state index is 0.308. The van der Waals surface area contributed by atoms with Crippen LogP contribution in [-0.2, 0) is 6.18 Å². The molecule has 3 nitrogen and oxygen atoms in total. The fourth-order valence-electron chi connectivity index (χ4n) is 1.52. The molecule has 0 aliphatic carbocycles. The molecule has 0 unspecified atom stereocenters. The van der Waals surface area contributed by atoms with E-state index in [-0.39, 0.29) is 0 Å². The van der Waals surface area contributed by atoms with Gasteiger partial charge in [0.15, 0.2) is 10.8 Å². The van der Waals surface area contributed by atoms with Gasteiger partial charge in [0.05, 0.1) is 7.11 Å². The molecular formula is C11H8ClF3N2O. The van der Waals surface area contributed by atoms with Crippen LogP contribution in [0.3, 0.4) is 0 Å². The number of benzene rings is 1. The number of halogens is 4. The number of rotatable bonds is 2. The van der Waals surface area contributed by atoms with Crippen molar-refractivity contribution < 1.29 is 17.9 Å². The van der Waals surface area contributed by atoms with Crippen LogP contribution < -0.4 is 4.74 Å². The lowest BCUT2D eigenvalue weighted by atomic mass is 10.3. The molecule has 0 aliphatic heterocycles. The molecule has 2 rings (SSSR count). The van der Waals surface area contributed by atoms with E-state index in [9.17, 15) is 13.2 Å². The van der Waals surface area contributed by atoms with E-state index in [1.165, 1.54) is 19.2 Å². The van der Waals surface area contributed by atoms with Crippen LogP contribution >= 0.6 is 11.6 Å². The summed E-state index contributed by atoms with van der Waals surface area (Å²) in [4.78, 5) is 3.48. The van der Waals surface area contributed by atoms with E-state index in [0.29, 0.717) is 11.4 Å². The Kier molecular flexibility index (Phi) is 3.21. The molecule has 1 aromatic heterocycles. The van der Waals surface area contributed by atoms with Crippen LogP contribution in [0, 0.1) is 0 Å². The second-order valence-electron chi connectivity index (χ2n) is 3.45. The van der Waals surface area contributed by atoms with Crippen molar-refractivity contribution in [2.75, 3.05) is 7.11 Å². The van der Waals surface area contributed by atoms with E-state index in [2.05, 4.69) is 4.98 Å². The number of alkyl halides is 3. The molecule has 0 bridgehead atoms. The molecular weight excluding hydrogens is 269 g/mol. The monoisotopic (exact) mass is 276 g/mol. The Morgan fingerprint density at radius 1 is 1.22 bits per heavy atom. The first-order valence-corrected chi connectivity index (χ1v) is 5.25. The van der Waals surface area contributed by atoms with Gasteiger partial charge in [-0.25, -0.2) is 4.98 Å². The number of aromatic nitrogens is 2. The van der Waals surface area contributed by atoms with Gasteiger partial charge in [0.1, 0.15) is 12.1 Å². The summed E-state index contributed by atoms with van der Waals surface area (Å²) in [6.45, 7) is 0. The highest BCUT2D eigenvalue weighted by Gasteiger charge is 2.38. The zero-order valence-corrected chi connectivity index (χ0v) is 9.96. The number of hydrogen-bond donors (Lipinski definition) is 0. The molecule has 0 fully saturated rings. The Hall–Kier alpha value is -1.69. The molecule has 0 amide bonds. The molecule has 7 heteroatoms. The number of nitrogens with zero attached hydrogens (tertiary/aromatic N) is 2. The van der Waals surface area contributed by atoms with Gasteiger partial charge in [-0.3, -0.25) is 4.57 Å². The normalized spacial score (nSPS) is 11.6. The molecule has 0 saturated heterocycles. The van der Waals surface area contributed by atoms with E-state index >= 15 is 0 Å². The topological polar surface area (TPSA) is 27.1 Å². The van der Waals surface area contributed by atoms with Crippen molar-refractivity contribution in [3.63, 3.8) is 0 Å². The fraction of sp³-hybridized carbons (Fsp3) is 0.182. The van der Waals surface area contributed by atoms with Gasteiger partial charge < -0.3 is 4.74 Å². The number of ether oxygens (including phenoxy) is 1. The van der Waals surface area contributed by atoms with Crippen molar-refractivity contribution in [2.45, 2.75) is 6.18 Å². The Balaban J connectivity index is 2.51. The Morgan fingerprint density at radius 3 is 2.33 bits per heavy atom. The molecule has 1 heterocycles. The summed E-state index contributed by atoms with van der Waals surface area (Å²) in [5.41, 5.74) is -0.683. The molecule has 1 aromatic carbocycles. The average molecular weight is 277 g/mol. The number of hydrogen-bond acceptors (Lipinski definition) is 2. The summed E-state index contributed by atoms with van der Waals surface area (Å²) >= 11 is 5.46. The lowest BCUT2D eigenvalue weighted by Gasteiger charge is -2.11. The Labute approximate surface area is 106 Å². The first kappa shape index (κ1) is 12.8. The van der Waals surface area contributed by atoms with Gasteiger partial charge >= 0.3 is 6.18 Å². The lowest BCUT2D eigenvalue weighted by Crippen LogP contribution is -2.12. The van der Waals surface area contributed by atoms with Crippen LogP contribution in [0.2, 0.25) is 5.15 Å². The summed E-state index contributed by atoms with van der Waals surface area (Å²) in [5.74, 6) is 0.554. The lowest BCUT2D eigenvalue weighted by molar-refractivity contribution is -0.142. The molecule has 0 saturated carbocycles. The molecule has 0 atom stereocenters. The first-order valence-electron chi connectivity index (χ1n) is 4.88. The second-order valence-corrected chi connectivity index (χ2v) is 3.81. The number of imidazole rings is 1. The van der Waals surface area contributed by atoms with E-state index < -0.39 is 17.0 Å². The van der Waals surface area contributed by atoms with Gasteiger partial charge in [-0.2, -0.15) is 13.2 Å². The maximum Gasteiger partial charge on any atom is 0.434 e. The molecule has 0 N–H and O–H groups in total. The SMILES string of the molecule is COc1ccc(-n2cnc(Cl)c2C(F)(F)F)cc1. The van der Waals surface area contributed by atoms with Crippen LogP contribution in [0.15, 0.2) is 30.6 Å².